The van der Waals surface area contributed by atoms with Crippen LogP contribution in [0.15, 0.2) is 0 Å². The first-order valence-electron chi connectivity index (χ1n) is 4.62. The van der Waals surface area contributed by atoms with Gasteiger partial charge in [-0.1, -0.05) is 11.6 Å². The predicted octanol–water partition coefficient (Wildman–Crippen LogP) is 3.07. The lowest BCUT2D eigenvalue weighted by Crippen LogP contribution is -2.06. The highest BCUT2D eigenvalue weighted by molar-refractivity contribution is 7.18. The minimum Gasteiger partial charge on any atom is -0.465 e. The second-order valence-electron chi connectivity index (χ2n) is 3.36. The van der Waals surface area contributed by atoms with E-state index in [1.165, 1.54) is 30.4 Å². The first-order chi connectivity index (χ1) is 6.74. The van der Waals surface area contributed by atoms with Gasteiger partial charge in [-0.2, -0.15) is 0 Å². The molecule has 2 nitrogen and oxygen atoms in total. The summed E-state index contributed by atoms with van der Waals surface area (Å²) in [6, 6.07) is 0. The van der Waals surface area contributed by atoms with Gasteiger partial charge in [0, 0.05) is 0 Å². The third-order valence-electron chi connectivity index (χ3n) is 2.54. The Morgan fingerprint density at radius 2 is 2.00 bits per heavy atom. The monoisotopic (exact) mass is 230 g/mol. The highest BCUT2D eigenvalue weighted by Crippen LogP contribution is 2.37. The van der Waals surface area contributed by atoms with Crippen LogP contribution in [0, 0.1) is 0 Å². The molecule has 14 heavy (non-hydrogen) atoms. The molecule has 0 bridgehead atoms. The van der Waals surface area contributed by atoms with Gasteiger partial charge in [0.2, 0.25) is 0 Å². The Balaban J connectivity index is 2.46. The minimum absolute atomic E-state index is 0.250. The zero-order chi connectivity index (χ0) is 10.1. The van der Waals surface area contributed by atoms with Gasteiger partial charge in [-0.25, -0.2) is 4.79 Å². The van der Waals surface area contributed by atoms with E-state index in [2.05, 4.69) is 0 Å². The first kappa shape index (κ1) is 9.99. The molecule has 0 atom stereocenters. The van der Waals surface area contributed by atoms with E-state index < -0.39 is 0 Å². The molecular formula is C10H11ClO2S. The average Bonchev–Trinajstić information content (AvgIpc) is 2.56. The summed E-state index contributed by atoms with van der Waals surface area (Å²) in [5.41, 5.74) is 2.29. The number of methoxy groups -OCH3 is 1. The quantitative estimate of drug-likeness (QED) is 0.694. The van der Waals surface area contributed by atoms with Gasteiger partial charge in [-0.3, -0.25) is 0 Å². The molecule has 2 rings (SSSR count). The van der Waals surface area contributed by atoms with Crippen molar-refractivity contribution < 1.29 is 9.53 Å². The Kier molecular flexibility index (Phi) is 2.79. The van der Waals surface area contributed by atoms with E-state index in [0.29, 0.717) is 4.88 Å². The second kappa shape index (κ2) is 3.91. The summed E-state index contributed by atoms with van der Waals surface area (Å²) in [5.74, 6) is -0.250. The standard InChI is InChI=1S/C10H11ClO2S/c1-13-10(12)8-6-4-2-3-5-7(6)9(11)14-8/h2-5H2,1H3. The number of rotatable bonds is 1. The van der Waals surface area contributed by atoms with Crippen molar-refractivity contribution in [2.24, 2.45) is 0 Å². The maximum absolute atomic E-state index is 11.4. The number of hydrogen-bond donors (Lipinski definition) is 0. The first-order valence-corrected chi connectivity index (χ1v) is 5.82. The molecular weight excluding hydrogens is 220 g/mol. The third kappa shape index (κ3) is 1.55. The predicted molar refractivity (Wildman–Crippen MR) is 57.3 cm³/mol. The number of esters is 1. The number of halogens is 1. The van der Waals surface area contributed by atoms with Gasteiger partial charge in [0.25, 0.3) is 0 Å². The molecule has 0 fully saturated rings. The van der Waals surface area contributed by atoms with E-state index in [4.69, 9.17) is 16.3 Å². The van der Waals surface area contributed by atoms with Crippen LogP contribution in [0.3, 0.4) is 0 Å². The van der Waals surface area contributed by atoms with Gasteiger partial charge in [0.1, 0.15) is 4.88 Å². The molecule has 1 aromatic heterocycles. The SMILES string of the molecule is COC(=O)c1sc(Cl)c2c1CCCC2. The normalized spacial score (nSPS) is 15.0. The Morgan fingerprint density at radius 1 is 1.36 bits per heavy atom. The lowest BCUT2D eigenvalue weighted by molar-refractivity contribution is 0.0605. The molecule has 0 unspecified atom stereocenters. The fourth-order valence-corrected chi connectivity index (χ4v) is 3.33. The summed E-state index contributed by atoms with van der Waals surface area (Å²) in [5, 5.41) is 0. The van der Waals surface area contributed by atoms with E-state index in [1.54, 1.807) is 0 Å². The number of thiophene rings is 1. The van der Waals surface area contributed by atoms with Crippen molar-refractivity contribution in [3.05, 3.63) is 20.3 Å². The Hall–Kier alpha value is -0.540. The number of ether oxygens (including phenoxy) is 1. The van der Waals surface area contributed by atoms with Crippen molar-refractivity contribution in [3.63, 3.8) is 0 Å². The number of fused-ring (bicyclic) bond motifs is 1. The number of hydrogen-bond acceptors (Lipinski definition) is 3. The summed E-state index contributed by atoms with van der Waals surface area (Å²) in [6.45, 7) is 0. The molecule has 0 amide bonds. The van der Waals surface area contributed by atoms with Gasteiger partial charge < -0.3 is 4.74 Å². The molecule has 76 valence electrons. The molecule has 0 N–H and O–H groups in total. The maximum atomic E-state index is 11.4. The highest BCUT2D eigenvalue weighted by Gasteiger charge is 2.24. The summed E-state index contributed by atoms with van der Waals surface area (Å²) in [6.07, 6.45) is 4.28. The molecule has 0 aliphatic heterocycles. The summed E-state index contributed by atoms with van der Waals surface area (Å²) >= 11 is 7.43. The fourth-order valence-electron chi connectivity index (χ4n) is 1.84. The Morgan fingerprint density at radius 3 is 2.64 bits per heavy atom. The van der Waals surface area contributed by atoms with Gasteiger partial charge in [-0.15, -0.1) is 11.3 Å². The topological polar surface area (TPSA) is 26.3 Å². The number of carbonyl (C=O) groups is 1. The molecule has 0 radical (unpaired) electrons. The van der Waals surface area contributed by atoms with Crippen molar-refractivity contribution >= 4 is 28.9 Å². The highest BCUT2D eigenvalue weighted by atomic mass is 35.5. The molecule has 0 saturated carbocycles. The Labute approximate surface area is 91.8 Å². The molecule has 1 aliphatic rings. The van der Waals surface area contributed by atoms with E-state index >= 15 is 0 Å². The van der Waals surface area contributed by atoms with E-state index in [9.17, 15) is 4.79 Å². The zero-order valence-electron chi connectivity index (χ0n) is 7.93. The van der Waals surface area contributed by atoms with Crippen LogP contribution in [-0.2, 0) is 17.6 Å². The van der Waals surface area contributed by atoms with Crippen LogP contribution in [0.5, 0.6) is 0 Å². The molecule has 1 heterocycles. The van der Waals surface area contributed by atoms with E-state index in [0.717, 1.165) is 29.2 Å². The Bertz CT molecular complexity index is 370. The molecule has 1 aliphatic carbocycles. The number of carbonyl (C=O) groups excluding carboxylic acids is 1. The molecule has 4 heteroatoms. The van der Waals surface area contributed by atoms with Crippen LogP contribution in [0.4, 0.5) is 0 Å². The average molecular weight is 231 g/mol. The van der Waals surface area contributed by atoms with Gasteiger partial charge >= 0.3 is 5.97 Å². The van der Waals surface area contributed by atoms with Crippen LogP contribution in [0.2, 0.25) is 4.34 Å². The second-order valence-corrected chi connectivity index (χ2v) is 4.98. The fraction of sp³-hybridized carbons (Fsp3) is 0.500. The van der Waals surface area contributed by atoms with Crippen LogP contribution in [0.1, 0.15) is 33.6 Å². The molecule has 0 spiro atoms. The van der Waals surface area contributed by atoms with Gasteiger partial charge in [-0.05, 0) is 36.8 Å². The minimum atomic E-state index is -0.250. The van der Waals surface area contributed by atoms with Crippen LogP contribution < -0.4 is 0 Å². The van der Waals surface area contributed by atoms with Crippen LogP contribution in [0.25, 0.3) is 0 Å². The molecule has 0 aromatic carbocycles. The van der Waals surface area contributed by atoms with Crippen molar-refractivity contribution in [2.45, 2.75) is 25.7 Å². The van der Waals surface area contributed by atoms with Crippen LogP contribution in [-0.4, -0.2) is 13.1 Å². The largest absolute Gasteiger partial charge is 0.465 e. The third-order valence-corrected chi connectivity index (χ3v) is 4.04. The molecule has 0 saturated heterocycles. The van der Waals surface area contributed by atoms with Crippen molar-refractivity contribution in [1.82, 2.24) is 0 Å². The lowest BCUT2D eigenvalue weighted by atomic mass is 9.94. The summed E-state index contributed by atoms with van der Waals surface area (Å²) in [4.78, 5) is 12.1. The summed E-state index contributed by atoms with van der Waals surface area (Å²) < 4.78 is 5.49. The smallest absolute Gasteiger partial charge is 0.348 e. The van der Waals surface area contributed by atoms with Crippen molar-refractivity contribution in [1.29, 1.82) is 0 Å². The van der Waals surface area contributed by atoms with Crippen LogP contribution >= 0.6 is 22.9 Å². The summed E-state index contributed by atoms with van der Waals surface area (Å²) in [7, 11) is 1.41. The van der Waals surface area contributed by atoms with Gasteiger partial charge in [0.15, 0.2) is 0 Å². The van der Waals surface area contributed by atoms with E-state index in [1.807, 2.05) is 0 Å². The lowest BCUT2D eigenvalue weighted by Gasteiger charge is -2.12. The van der Waals surface area contributed by atoms with Crippen molar-refractivity contribution in [3.8, 4) is 0 Å². The maximum Gasteiger partial charge on any atom is 0.348 e. The van der Waals surface area contributed by atoms with Gasteiger partial charge in [0.05, 0.1) is 11.4 Å². The zero-order valence-corrected chi connectivity index (χ0v) is 9.50. The van der Waals surface area contributed by atoms with E-state index in [-0.39, 0.29) is 5.97 Å². The molecule has 1 aromatic rings. The van der Waals surface area contributed by atoms with Crippen molar-refractivity contribution in [2.75, 3.05) is 7.11 Å².